The molecule has 1 aromatic carbocycles. The zero-order valence-corrected chi connectivity index (χ0v) is 14.1. The molecular formula is C19H22N2O4. The first-order valence-electron chi connectivity index (χ1n) is 8.70. The zero-order chi connectivity index (χ0) is 17.9. The molecule has 1 aliphatic carbocycles. The number of aliphatic hydroxyl groups is 1. The molecule has 0 bridgehead atoms. The van der Waals surface area contributed by atoms with Gasteiger partial charge in [0.2, 0.25) is 11.8 Å². The Morgan fingerprint density at radius 3 is 2.52 bits per heavy atom. The molecule has 132 valence electrons. The van der Waals surface area contributed by atoms with Crippen molar-refractivity contribution in [3.63, 3.8) is 0 Å². The second kappa shape index (κ2) is 7.24. The molecule has 3 rings (SSSR count). The molecule has 1 aromatic rings. The van der Waals surface area contributed by atoms with E-state index in [1.165, 1.54) is 4.90 Å². The van der Waals surface area contributed by atoms with Gasteiger partial charge in [0.05, 0.1) is 23.6 Å². The van der Waals surface area contributed by atoms with Crippen LogP contribution in [0.4, 0.5) is 0 Å². The summed E-state index contributed by atoms with van der Waals surface area (Å²) in [6.07, 6.45) is 3.95. The highest BCUT2D eigenvalue weighted by atomic mass is 16.5. The first-order chi connectivity index (χ1) is 12.0. The number of imide groups is 1. The molecule has 1 heterocycles. The van der Waals surface area contributed by atoms with Crippen LogP contribution in [0, 0.1) is 16.7 Å². The monoisotopic (exact) mass is 342 g/mol. The van der Waals surface area contributed by atoms with E-state index in [0.717, 1.165) is 32.1 Å². The van der Waals surface area contributed by atoms with E-state index in [1.807, 2.05) is 6.07 Å². The van der Waals surface area contributed by atoms with E-state index in [1.54, 1.807) is 24.3 Å². The minimum absolute atomic E-state index is 0.0179. The Bertz CT molecular complexity index is 686. The minimum Gasteiger partial charge on any atom is -0.491 e. The molecule has 0 aromatic heterocycles. The summed E-state index contributed by atoms with van der Waals surface area (Å²) < 4.78 is 5.48. The highest BCUT2D eigenvalue weighted by Crippen LogP contribution is 2.45. The number of carbonyl (C=O) groups excluding carboxylic acids is 2. The van der Waals surface area contributed by atoms with Crippen LogP contribution in [0.2, 0.25) is 0 Å². The van der Waals surface area contributed by atoms with Crippen LogP contribution in [0.25, 0.3) is 0 Å². The Labute approximate surface area is 147 Å². The quantitative estimate of drug-likeness (QED) is 0.827. The Morgan fingerprint density at radius 2 is 1.88 bits per heavy atom. The Kier molecular flexibility index (Phi) is 5.05. The normalized spacial score (nSPS) is 20.6. The fraction of sp³-hybridized carbons (Fsp3) is 0.526. The average Bonchev–Trinajstić information content (AvgIpc) is 2.85. The standard InChI is InChI=1S/C19H22N2O4/c20-11-14-4-6-16(7-5-14)25-13-15(22)12-21-17(23)10-19(18(21)24)8-2-1-3-9-19/h4-7,15,22H,1-3,8-10,12-13H2. The van der Waals surface area contributed by atoms with Crippen molar-refractivity contribution in [2.75, 3.05) is 13.2 Å². The second-order valence-corrected chi connectivity index (χ2v) is 6.93. The molecule has 1 N–H and O–H groups in total. The van der Waals surface area contributed by atoms with Crippen LogP contribution >= 0.6 is 0 Å². The van der Waals surface area contributed by atoms with Gasteiger partial charge in [0.1, 0.15) is 18.5 Å². The lowest BCUT2D eigenvalue weighted by Gasteiger charge is -2.30. The van der Waals surface area contributed by atoms with Gasteiger partial charge in [0.15, 0.2) is 0 Å². The minimum atomic E-state index is -0.942. The Balaban J connectivity index is 1.55. The van der Waals surface area contributed by atoms with Crippen molar-refractivity contribution in [1.29, 1.82) is 5.26 Å². The molecule has 6 nitrogen and oxygen atoms in total. The molecule has 2 fully saturated rings. The number of nitriles is 1. The molecule has 1 unspecified atom stereocenters. The summed E-state index contributed by atoms with van der Waals surface area (Å²) in [5.74, 6) is 0.208. The van der Waals surface area contributed by atoms with Crippen molar-refractivity contribution in [2.24, 2.45) is 5.41 Å². The smallest absolute Gasteiger partial charge is 0.235 e. The number of benzene rings is 1. The highest BCUT2D eigenvalue weighted by molar-refractivity contribution is 6.06. The van der Waals surface area contributed by atoms with Gasteiger partial charge in [-0.1, -0.05) is 19.3 Å². The first-order valence-corrected chi connectivity index (χ1v) is 8.70. The highest BCUT2D eigenvalue weighted by Gasteiger charge is 2.51. The summed E-state index contributed by atoms with van der Waals surface area (Å²) in [5.41, 5.74) is 0.00203. The fourth-order valence-corrected chi connectivity index (χ4v) is 3.75. The van der Waals surface area contributed by atoms with E-state index >= 15 is 0 Å². The number of likely N-dealkylation sites (tertiary alicyclic amines) is 1. The van der Waals surface area contributed by atoms with Gasteiger partial charge < -0.3 is 9.84 Å². The average molecular weight is 342 g/mol. The number of hydrogen-bond donors (Lipinski definition) is 1. The van der Waals surface area contributed by atoms with Crippen LogP contribution in [0.15, 0.2) is 24.3 Å². The van der Waals surface area contributed by atoms with Crippen molar-refractivity contribution in [2.45, 2.75) is 44.6 Å². The van der Waals surface area contributed by atoms with Crippen LogP contribution < -0.4 is 4.74 Å². The molecule has 6 heteroatoms. The third-order valence-electron chi connectivity index (χ3n) is 5.12. The van der Waals surface area contributed by atoms with Crippen LogP contribution in [0.1, 0.15) is 44.1 Å². The Morgan fingerprint density at radius 1 is 1.20 bits per heavy atom. The van der Waals surface area contributed by atoms with Crippen LogP contribution in [0.5, 0.6) is 5.75 Å². The van der Waals surface area contributed by atoms with Crippen molar-refractivity contribution in [1.82, 2.24) is 4.90 Å². The van der Waals surface area contributed by atoms with E-state index < -0.39 is 11.5 Å². The van der Waals surface area contributed by atoms with E-state index in [4.69, 9.17) is 10.00 Å². The van der Waals surface area contributed by atoms with E-state index in [9.17, 15) is 14.7 Å². The van der Waals surface area contributed by atoms with Gasteiger partial charge in [-0.05, 0) is 37.1 Å². The molecule has 1 saturated heterocycles. The molecule has 2 amide bonds. The van der Waals surface area contributed by atoms with E-state index in [-0.39, 0.29) is 31.4 Å². The van der Waals surface area contributed by atoms with Gasteiger partial charge in [0.25, 0.3) is 0 Å². The number of nitrogens with zero attached hydrogens (tertiary/aromatic N) is 2. The van der Waals surface area contributed by atoms with Crippen molar-refractivity contribution >= 4 is 11.8 Å². The largest absolute Gasteiger partial charge is 0.491 e. The molecule has 1 aliphatic heterocycles. The topological polar surface area (TPSA) is 90.6 Å². The molecule has 1 spiro atoms. The molecule has 25 heavy (non-hydrogen) atoms. The number of hydrogen-bond acceptors (Lipinski definition) is 5. The van der Waals surface area contributed by atoms with Gasteiger partial charge in [0, 0.05) is 6.42 Å². The molecule has 1 atom stereocenters. The van der Waals surface area contributed by atoms with Gasteiger partial charge in [-0.2, -0.15) is 5.26 Å². The third-order valence-corrected chi connectivity index (χ3v) is 5.12. The SMILES string of the molecule is N#Cc1ccc(OCC(O)CN2C(=O)CC3(CCCCC3)C2=O)cc1. The maximum Gasteiger partial charge on any atom is 0.235 e. The predicted octanol–water partition coefficient (Wildman–Crippen LogP) is 2.01. The Hall–Kier alpha value is -2.39. The zero-order valence-electron chi connectivity index (χ0n) is 14.1. The number of rotatable bonds is 5. The third kappa shape index (κ3) is 3.67. The summed E-state index contributed by atoms with van der Waals surface area (Å²) in [5, 5.41) is 18.9. The predicted molar refractivity (Wildman–Crippen MR) is 89.5 cm³/mol. The first kappa shape index (κ1) is 17.4. The number of aliphatic hydroxyl groups excluding tert-OH is 1. The molecule has 2 aliphatic rings. The summed E-state index contributed by atoms with van der Waals surface area (Å²) in [6, 6.07) is 8.57. The molecular weight excluding hydrogens is 320 g/mol. The lowest BCUT2D eigenvalue weighted by molar-refractivity contribution is -0.144. The summed E-state index contributed by atoms with van der Waals surface area (Å²) >= 11 is 0. The van der Waals surface area contributed by atoms with Crippen LogP contribution in [-0.4, -0.2) is 41.1 Å². The van der Waals surface area contributed by atoms with Gasteiger partial charge in [-0.25, -0.2) is 0 Å². The van der Waals surface area contributed by atoms with Crippen molar-refractivity contribution in [3.8, 4) is 11.8 Å². The van der Waals surface area contributed by atoms with Gasteiger partial charge >= 0.3 is 0 Å². The summed E-state index contributed by atoms with van der Waals surface area (Å²) in [6.45, 7) is -0.0499. The van der Waals surface area contributed by atoms with E-state index in [2.05, 4.69) is 0 Å². The lowest BCUT2D eigenvalue weighted by Crippen LogP contribution is -2.42. The molecule has 0 radical (unpaired) electrons. The summed E-state index contributed by atoms with van der Waals surface area (Å²) in [4.78, 5) is 26.2. The van der Waals surface area contributed by atoms with Gasteiger partial charge in [-0.3, -0.25) is 14.5 Å². The summed E-state index contributed by atoms with van der Waals surface area (Å²) in [7, 11) is 0. The van der Waals surface area contributed by atoms with Crippen molar-refractivity contribution < 1.29 is 19.4 Å². The van der Waals surface area contributed by atoms with Crippen LogP contribution in [0.3, 0.4) is 0 Å². The van der Waals surface area contributed by atoms with E-state index in [0.29, 0.717) is 11.3 Å². The maximum atomic E-state index is 12.7. The lowest BCUT2D eigenvalue weighted by atomic mass is 9.73. The second-order valence-electron chi connectivity index (χ2n) is 6.93. The number of carbonyl (C=O) groups is 2. The number of amides is 2. The van der Waals surface area contributed by atoms with Crippen LogP contribution in [-0.2, 0) is 9.59 Å². The molecule has 1 saturated carbocycles. The van der Waals surface area contributed by atoms with Crippen molar-refractivity contribution in [3.05, 3.63) is 29.8 Å². The fourth-order valence-electron chi connectivity index (χ4n) is 3.75. The van der Waals surface area contributed by atoms with Gasteiger partial charge in [-0.15, -0.1) is 0 Å². The number of β-amino-alcohol motifs (C(OH)–C–C–N with tert-alkyl or cyclic N) is 1. The number of ether oxygens (including phenoxy) is 1. The maximum absolute atomic E-state index is 12.7.